The fourth-order valence-electron chi connectivity index (χ4n) is 6.39. The summed E-state index contributed by atoms with van der Waals surface area (Å²) in [7, 11) is 0. The Labute approximate surface area is 226 Å². The SMILES string of the molecule is CC(=O)c1ccc(N2C(=O)[C@H]3[C@H](CC=C4[C@H](c5ccccc5O)C5=C(C[C@H]43)C(=O)C(Br)=CC5=O)C2=O)cc1. The summed E-state index contributed by atoms with van der Waals surface area (Å²) < 4.78 is 0.151. The van der Waals surface area contributed by atoms with Crippen LogP contribution in [0.5, 0.6) is 5.75 Å². The summed E-state index contributed by atoms with van der Waals surface area (Å²) in [5, 5.41) is 10.8. The maximum Gasteiger partial charge on any atom is 0.238 e. The number of halogens is 1. The van der Waals surface area contributed by atoms with Crippen LogP contribution < -0.4 is 4.90 Å². The van der Waals surface area contributed by atoms with Crippen LogP contribution in [0.3, 0.4) is 0 Å². The summed E-state index contributed by atoms with van der Waals surface area (Å²) in [6.45, 7) is 1.45. The topological polar surface area (TPSA) is 109 Å². The molecule has 0 aromatic heterocycles. The first-order chi connectivity index (χ1) is 18.2. The van der Waals surface area contributed by atoms with E-state index < -0.39 is 23.7 Å². The minimum atomic E-state index is -0.718. The number of hydrogen-bond donors (Lipinski definition) is 1. The highest BCUT2D eigenvalue weighted by molar-refractivity contribution is 9.12. The number of nitrogens with zero attached hydrogens (tertiary/aromatic N) is 1. The highest BCUT2D eigenvalue weighted by atomic mass is 79.9. The number of ketones is 3. The molecule has 2 aromatic carbocycles. The lowest BCUT2D eigenvalue weighted by atomic mass is 9.59. The lowest BCUT2D eigenvalue weighted by Crippen LogP contribution is -2.39. The predicted octanol–water partition coefficient (Wildman–Crippen LogP) is 4.56. The number of para-hydroxylation sites is 1. The summed E-state index contributed by atoms with van der Waals surface area (Å²) in [6.07, 6.45) is 3.62. The lowest BCUT2D eigenvalue weighted by molar-refractivity contribution is -0.123. The van der Waals surface area contributed by atoms with Crippen LogP contribution in [0, 0.1) is 17.8 Å². The molecule has 2 amide bonds. The van der Waals surface area contributed by atoms with Gasteiger partial charge in [0.2, 0.25) is 11.8 Å². The van der Waals surface area contributed by atoms with Crippen molar-refractivity contribution < 1.29 is 29.1 Å². The van der Waals surface area contributed by atoms with Gasteiger partial charge in [-0.25, -0.2) is 0 Å². The molecule has 6 rings (SSSR count). The predicted molar refractivity (Wildman–Crippen MR) is 142 cm³/mol. The second-order valence-corrected chi connectivity index (χ2v) is 10.9. The van der Waals surface area contributed by atoms with Crippen molar-refractivity contribution in [2.75, 3.05) is 4.90 Å². The Hall–Kier alpha value is -3.91. The monoisotopic (exact) mass is 571 g/mol. The number of anilines is 1. The third-order valence-corrected chi connectivity index (χ3v) is 8.70. The second-order valence-electron chi connectivity index (χ2n) is 10.1. The minimum Gasteiger partial charge on any atom is -0.508 e. The number of carbonyl (C=O) groups is 5. The Balaban J connectivity index is 1.46. The number of benzene rings is 2. The molecule has 0 radical (unpaired) electrons. The first kappa shape index (κ1) is 24.4. The van der Waals surface area contributed by atoms with E-state index in [1.165, 1.54) is 24.0 Å². The van der Waals surface area contributed by atoms with Gasteiger partial charge in [0.25, 0.3) is 0 Å². The Bertz CT molecular complexity index is 1560. The first-order valence-electron chi connectivity index (χ1n) is 12.3. The van der Waals surface area contributed by atoms with E-state index in [9.17, 15) is 29.1 Å². The molecule has 0 spiro atoms. The summed E-state index contributed by atoms with van der Waals surface area (Å²) in [6, 6.07) is 13.0. The number of allylic oxidation sites excluding steroid dienone is 6. The lowest BCUT2D eigenvalue weighted by Gasteiger charge is -2.42. The van der Waals surface area contributed by atoms with Crippen molar-refractivity contribution in [2.24, 2.45) is 17.8 Å². The number of fused-ring (bicyclic) bond motifs is 3. The van der Waals surface area contributed by atoms with E-state index in [4.69, 9.17) is 0 Å². The zero-order valence-electron chi connectivity index (χ0n) is 20.3. The molecular formula is C30H22BrNO6. The van der Waals surface area contributed by atoms with Crippen LogP contribution >= 0.6 is 15.9 Å². The number of rotatable bonds is 3. The average Bonchev–Trinajstić information content (AvgIpc) is 3.16. The Morgan fingerprint density at radius 2 is 1.68 bits per heavy atom. The largest absolute Gasteiger partial charge is 0.508 e. The number of carbonyl (C=O) groups excluding carboxylic acids is 5. The number of phenols is 1. The molecule has 4 atom stereocenters. The molecule has 1 N–H and O–H groups in total. The van der Waals surface area contributed by atoms with E-state index in [1.54, 1.807) is 42.5 Å². The van der Waals surface area contributed by atoms with E-state index in [1.807, 2.05) is 6.08 Å². The molecular weight excluding hydrogens is 550 g/mol. The van der Waals surface area contributed by atoms with Gasteiger partial charge in [-0.15, -0.1) is 0 Å². The summed E-state index contributed by atoms with van der Waals surface area (Å²) >= 11 is 3.21. The Morgan fingerprint density at radius 3 is 2.37 bits per heavy atom. The van der Waals surface area contributed by atoms with Gasteiger partial charge < -0.3 is 5.11 Å². The van der Waals surface area contributed by atoms with Crippen molar-refractivity contribution in [3.63, 3.8) is 0 Å². The van der Waals surface area contributed by atoms with Crippen molar-refractivity contribution in [1.29, 1.82) is 0 Å². The van der Waals surface area contributed by atoms with E-state index in [2.05, 4.69) is 15.9 Å². The van der Waals surface area contributed by atoms with Gasteiger partial charge in [0.1, 0.15) is 5.75 Å². The van der Waals surface area contributed by atoms with Gasteiger partial charge in [-0.05, 0) is 71.9 Å². The molecule has 0 bridgehead atoms. The number of aromatic hydroxyl groups is 1. The van der Waals surface area contributed by atoms with Gasteiger partial charge in [0, 0.05) is 34.3 Å². The minimum absolute atomic E-state index is 0.0112. The zero-order chi connectivity index (χ0) is 26.9. The number of Topliss-reactive ketones (excluding diaryl/α,β-unsaturated/α-hetero) is 2. The normalized spacial score (nSPS) is 26.5. The van der Waals surface area contributed by atoms with Crippen LogP contribution in [0.25, 0.3) is 0 Å². The Kier molecular flexibility index (Phi) is 5.68. The van der Waals surface area contributed by atoms with E-state index in [-0.39, 0.29) is 45.8 Å². The fourth-order valence-corrected chi connectivity index (χ4v) is 6.84. The smallest absolute Gasteiger partial charge is 0.238 e. The first-order valence-corrected chi connectivity index (χ1v) is 13.1. The third kappa shape index (κ3) is 3.50. The van der Waals surface area contributed by atoms with Crippen LogP contribution in [0.1, 0.15) is 41.6 Å². The molecule has 0 unspecified atom stereocenters. The highest BCUT2D eigenvalue weighted by Gasteiger charge is 2.56. The van der Waals surface area contributed by atoms with Gasteiger partial charge in [0.15, 0.2) is 17.3 Å². The van der Waals surface area contributed by atoms with Crippen molar-refractivity contribution in [3.8, 4) is 5.75 Å². The number of amides is 2. The molecule has 2 aromatic rings. The average molecular weight is 572 g/mol. The van der Waals surface area contributed by atoms with Gasteiger partial charge in [-0.3, -0.25) is 28.9 Å². The summed E-state index contributed by atoms with van der Waals surface area (Å²) in [5.41, 5.74) is 2.75. The Morgan fingerprint density at radius 1 is 0.974 bits per heavy atom. The fraction of sp³-hybridized carbons (Fsp3) is 0.233. The molecule has 1 saturated heterocycles. The molecule has 4 aliphatic rings. The molecule has 38 heavy (non-hydrogen) atoms. The van der Waals surface area contributed by atoms with E-state index >= 15 is 0 Å². The van der Waals surface area contributed by atoms with Crippen LogP contribution in [0.2, 0.25) is 0 Å². The standard InChI is InChI=1S/C30H22BrNO6/c1-14(33)15-6-8-16(9-7-15)32-29(37)19-11-10-17-20(26(19)30(32)38)12-21-27(24(35)13-22(31)28(21)36)25(17)18-4-2-3-5-23(18)34/h2-10,13,19-20,25-26,34H,11-12H2,1H3/t19-,20+,25+,26-/m0/s1. The summed E-state index contributed by atoms with van der Waals surface area (Å²) in [4.78, 5) is 66.8. The highest BCUT2D eigenvalue weighted by Crippen LogP contribution is 2.56. The van der Waals surface area contributed by atoms with Gasteiger partial charge in [-0.2, -0.15) is 0 Å². The number of imide groups is 1. The van der Waals surface area contributed by atoms with E-state index in [0.29, 0.717) is 34.4 Å². The van der Waals surface area contributed by atoms with Gasteiger partial charge in [-0.1, -0.05) is 29.8 Å². The van der Waals surface area contributed by atoms with Crippen LogP contribution in [-0.4, -0.2) is 34.3 Å². The number of phenolic OH excluding ortho intramolecular Hbond substituents is 1. The van der Waals surface area contributed by atoms with E-state index in [0.717, 1.165) is 5.57 Å². The van der Waals surface area contributed by atoms with Gasteiger partial charge >= 0.3 is 0 Å². The van der Waals surface area contributed by atoms with Crippen molar-refractivity contribution in [2.45, 2.75) is 25.7 Å². The van der Waals surface area contributed by atoms with Crippen molar-refractivity contribution in [1.82, 2.24) is 0 Å². The maximum absolute atomic E-state index is 13.9. The van der Waals surface area contributed by atoms with Crippen LogP contribution in [0.15, 0.2) is 81.9 Å². The van der Waals surface area contributed by atoms with Gasteiger partial charge in [0.05, 0.1) is 22.0 Å². The molecule has 7 nitrogen and oxygen atoms in total. The van der Waals surface area contributed by atoms with Crippen molar-refractivity contribution in [3.05, 3.63) is 93.0 Å². The van der Waals surface area contributed by atoms with Crippen LogP contribution in [-0.2, 0) is 19.2 Å². The second kappa shape index (κ2) is 8.84. The molecule has 190 valence electrons. The summed E-state index contributed by atoms with van der Waals surface area (Å²) in [5.74, 6) is -3.98. The van der Waals surface area contributed by atoms with Crippen molar-refractivity contribution >= 4 is 50.8 Å². The molecule has 1 aliphatic heterocycles. The molecule has 1 fully saturated rings. The quantitative estimate of drug-likeness (QED) is 0.250. The molecule has 0 saturated carbocycles. The molecule has 8 heteroatoms. The molecule has 1 heterocycles. The maximum atomic E-state index is 13.9. The third-order valence-electron chi connectivity index (χ3n) is 8.11. The number of hydrogen-bond acceptors (Lipinski definition) is 6. The van der Waals surface area contributed by atoms with Crippen LogP contribution in [0.4, 0.5) is 5.69 Å². The zero-order valence-corrected chi connectivity index (χ0v) is 21.9. The molecule has 3 aliphatic carbocycles.